The molecule has 1 aromatic rings. The summed E-state index contributed by atoms with van der Waals surface area (Å²) >= 11 is -0.136. The summed E-state index contributed by atoms with van der Waals surface area (Å²) in [5.41, 5.74) is -2.63. The predicted octanol–water partition coefficient (Wildman–Crippen LogP) is 5.22. The number of alkyl halides is 3. The molecule has 1 unspecified atom stereocenters. The van der Waals surface area contributed by atoms with Crippen LogP contribution < -0.4 is 0 Å². The van der Waals surface area contributed by atoms with Crippen LogP contribution in [0, 0.1) is 0 Å². The Morgan fingerprint density at radius 2 is 1.75 bits per heavy atom. The van der Waals surface area contributed by atoms with Crippen molar-refractivity contribution in [1.82, 2.24) is 0 Å². The first kappa shape index (κ1) is 15.4. The van der Waals surface area contributed by atoms with E-state index < -0.39 is 11.6 Å². The number of hydrogen-bond donors (Lipinski definition) is 1. The molecule has 1 aromatic carbocycles. The van der Waals surface area contributed by atoms with Gasteiger partial charge in [0.2, 0.25) is 0 Å². The lowest BCUT2D eigenvalue weighted by Crippen LogP contribution is -2.02. The normalized spacial score (nSPS) is 18.3. The van der Waals surface area contributed by atoms with Gasteiger partial charge in [-0.2, -0.15) is 13.2 Å². The molecule has 1 nitrogen and oxygen atoms in total. The van der Waals surface area contributed by atoms with Crippen molar-refractivity contribution in [2.24, 2.45) is 0 Å². The van der Waals surface area contributed by atoms with E-state index in [-0.39, 0.29) is 16.7 Å². The van der Waals surface area contributed by atoms with Crippen LogP contribution in [0.2, 0.25) is 0 Å². The molecule has 0 bridgehead atoms. The molecule has 2 rings (SSSR count). The van der Waals surface area contributed by atoms with Gasteiger partial charge in [-0.25, -0.2) is 0 Å². The standard InChI is InChI=1S/C15H17F3OS/c16-15(17,18)20-13-9-7-12(8-10-13)14(19)11-5-3-1-2-4-6-11/h5,7-10,14,19H,1-4,6H2. The van der Waals surface area contributed by atoms with Crippen molar-refractivity contribution in [2.75, 3.05) is 0 Å². The summed E-state index contributed by atoms with van der Waals surface area (Å²) in [6.07, 6.45) is 6.55. The van der Waals surface area contributed by atoms with Gasteiger partial charge < -0.3 is 5.11 Å². The Hall–Kier alpha value is -0.940. The van der Waals surface area contributed by atoms with E-state index in [1.165, 1.54) is 12.1 Å². The molecular weight excluding hydrogens is 285 g/mol. The number of halogens is 3. The van der Waals surface area contributed by atoms with Crippen molar-refractivity contribution in [3.63, 3.8) is 0 Å². The molecule has 0 spiro atoms. The maximum absolute atomic E-state index is 12.2. The van der Waals surface area contributed by atoms with E-state index in [9.17, 15) is 18.3 Å². The monoisotopic (exact) mass is 302 g/mol. The van der Waals surface area contributed by atoms with Crippen molar-refractivity contribution in [2.45, 2.75) is 48.6 Å². The highest BCUT2D eigenvalue weighted by Crippen LogP contribution is 2.37. The van der Waals surface area contributed by atoms with Crippen molar-refractivity contribution < 1.29 is 18.3 Å². The fraction of sp³-hybridized carbons (Fsp3) is 0.467. The Morgan fingerprint density at radius 3 is 2.40 bits per heavy atom. The number of rotatable bonds is 3. The first-order chi connectivity index (χ1) is 9.46. The van der Waals surface area contributed by atoms with Crippen LogP contribution in [0.4, 0.5) is 13.2 Å². The molecule has 20 heavy (non-hydrogen) atoms. The molecule has 0 aromatic heterocycles. The van der Waals surface area contributed by atoms with Crippen molar-refractivity contribution in [3.8, 4) is 0 Å². The quantitative estimate of drug-likeness (QED) is 0.610. The summed E-state index contributed by atoms with van der Waals surface area (Å²) in [6.45, 7) is 0. The Morgan fingerprint density at radius 1 is 1.05 bits per heavy atom. The zero-order valence-corrected chi connectivity index (χ0v) is 11.8. The largest absolute Gasteiger partial charge is 0.446 e. The summed E-state index contributed by atoms with van der Waals surface area (Å²) < 4.78 is 36.7. The van der Waals surface area contributed by atoms with Crippen LogP contribution in [-0.2, 0) is 0 Å². The minimum Gasteiger partial charge on any atom is -0.384 e. The van der Waals surface area contributed by atoms with E-state index in [1.807, 2.05) is 0 Å². The first-order valence-electron chi connectivity index (χ1n) is 6.68. The van der Waals surface area contributed by atoms with E-state index in [0.717, 1.165) is 37.7 Å². The SMILES string of the molecule is OC(C1=CCCCCC1)c1ccc(SC(F)(F)F)cc1. The molecule has 0 amide bonds. The molecule has 1 aliphatic rings. The highest BCUT2D eigenvalue weighted by atomic mass is 32.2. The lowest BCUT2D eigenvalue weighted by Gasteiger charge is -2.15. The Kier molecular flexibility index (Phi) is 5.16. The molecule has 5 heteroatoms. The maximum Gasteiger partial charge on any atom is 0.446 e. The van der Waals surface area contributed by atoms with Gasteiger partial charge in [0.15, 0.2) is 0 Å². The third-order valence-corrected chi connectivity index (χ3v) is 4.10. The minimum atomic E-state index is -4.27. The van der Waals surface area contributed by atoms with Gasteiger partial charge in [0.1, 0.15) is 6.10 Å². The van der Waals surface area contributed by atoms with Crippen LogP contribution in [0.25, 0.3) is 0 Å². The first-order valence-corrected chi connectivity index (χ1v) is 7.50. The molecule has 1 atom stereocenters. The number of allylic oxidation sites excluding steroid dienone is 1. The summed E-state index contributed by atoms with van der Waals surface area (Å²) in [4.78, 5) is 0.142. The van der Waals surface area contributed by atoms with Crippen LogP contribution in [0.5, 0.6) is 0 Å². The lowest BCUT2D eigenvalue weighted by atomic mass is 9.98. The third-order valence-electron chi connectivity index (χ3n) is 3.36. The molecule has 110 valence electrons. The third kappa shape index (κ3) is 4.56. The van der Waals surface area contributed by atoms with Gasteiger partial charge in [-0.3, -0.25) is 0 Å². The van der Waals surface area contributed by atoms with Crippen LogP contribution in [0.15, 0.2) is 40.8 Å². The van der Waals surface area contributed by atoms with Gasteiger partial charge in [0, 0.05) is 4.90 Å². The van der Waals surface area contributed by atoms with Gasteiger partial charge in [-0.15, -0.1) is 0 Å². The molecule has 0 aliphatic heterocycles. The van der Waals surface area contributed by atoms with Crippen molar-refractivity contribution in [3.05, 3.63) is 41.5 Å². The summed E-state index contributed by atoms with van der Waals surface area (Å²) in [6, 6.07) is 5.97. The second-order valence-electron chi connectivity index (χ2n) is 4.90. The zero-order valence-electron chi connectivity index (χ0n) is 11.0. The van der Waals surface area contributed by atoms with E-state index in [1.54, 1.807) is 12.1 Å². The smallest absolute Gasteiger partial charge is 0.384 e. The number of benzene rings is 1. The van der Waals surface area contributed by atoms with Crippen LogP contribution in [0.3, 0.4) is 0 Å². The number of hydrogen-bond acceptors (Lipinski definition) is 2. The maximum atomic E-state index is 12.2. The summed E-state index contributed by atoms with van der Waals surface area (Å²) in [5.74, 6) is 0. The van der Waals surface area contributed by atoms with Crippen LogP contribution >= 0.6 is 11.8 Å². The number of thioether (sulfide) groups is 1. The van der Waals surface area contributed by atoms with Gasteiger partial charge in [-0.05, 0) is 60.7 Å². The highest BCUT2D eigenvalue weighted by Gasteiger charge is 2.29. The van der Waals surface area contributed by atoms with Crippen molar-refractivity contribution >= 4 is 11.8 Å². The predicted molar refractivity (Wildman–Crippen MR) is 74.5 cm³/mol. The highest BCUT2D eigenvalue weighted by molar-refractivity contribution is 8.00. The topological polar surface area (TPSA) is 20.2 Å². The average Bonchev–Trinajstić information content (AvgIpc) is 2.66. The Bertz CT molecular complexity index is 465. The van der Waals surface area contributed by atoms with E-state index in [0.29, 0.717) is 5.56 Å². The van der Waals surface area contributed by atoms with Gasteiger partial charge in [0.25, 0.3) is 0 Å². The Balaban J connectivity index is 2.07. The second-order valence-corrected chi connectivity index (χ2v) is 6.04. The van der Waals surface area contributed by atoms with E-state index >= 15 is 0 Å². The van der Waals surface area contributed by atoms with E-state index in [4.69, 9.17) is 0 Å². The zero-order chi connectivity index (χ0) is 14.6. The fourth-order valence-corrected chi connectivity index (χ4v) is 2.89. The number of aliphatic hydroxyl groups is 1. The molecule has 0 heterocycles. The van der Waals surface area contributed by atoms with Gasteiger partial charge >= 0.3 is 5.51 Å². The molecule has 0 saturated carbocycles. The van der Waals surface area contributed by atoms with Crippen molar-refractivity contribution in [1.29, 1.82) is 0 Å². The average molecular weight is 302 g/mol. The van der Waals surface area contributed by atoms with Crippen LogP contribution in [-0.4, -0.2) is 10.6 Å². The fourth-order valence-electron chi connectivity index (χ4n) is 2.35. The second kappa shape index (κ2) is 6.68. The minimum absolute atomic E-state index is 0.136. The molecular formula is C15H17F3OS. The molecule has 1 N–H and O–H groups in total. The van der Waals surface area contributed by atoms with Gasteiger partial charge in [0.05, 0.1) is 0 Å². The van der Waals surface area contributed by atoms with Gasteiger partial charge in [-0.1, -0.05) is 24.6 Å². The van der Waals surface area contributed by atoms with Crippen LogP contribution in [0.1, 0.15) is 43.8 Å². The molecule has 0 radical (unpaired) electrons. The number of aliphatic hydroxyl groups excluding tert-OH is 1. The molecule has 1 aliphatic carbocycles. The summed E-state index contributed by atoms with van der Waals surface area (Å²) in [7, 11) is 0. The lowest BCUT2D eigenvalue weighted by molar-refractivity contribution is -0.0328. The van der Waals surface area contributed by atoms with E-state index in [2.05, 4.69) is 6.08 Å². The molecule has 0 saturated heterocycles. The summed E-state index contributed by atoms with van der Waals surface area (Å²) in [5, 5.41) is 10.3. The Labute approximate surface area is 120 Å². The molecule has 0 fully saturated rings.